The van der Waals surface area contributed by atoms with Gasteiger partial charge < -0.3 is 9.73 Å². The summed E-state index contributed by atoms with van der Waals surface area (Å²) in [5.41, 5.74) is 2.07. The van der Waals surface area contributed by atoms with E-state index in [0.717, 1.165) is 5.56 Å². The zero-order valence-electron chi connectivity index (χ0n) is 12.2. The Balaban J connectivity index is 1.60. The zero-order chi connectivity index (χ0) is 16.5. The van der Waals surface area contributed by atoms with Crippen molar-refractivity contribution in [1.82, 2.24) is 10.3 Å². The van der Waals surface area contributed by atoms with Crippen LogP contribution < -0.4 is 5.32 Å². The number of rotatable bonds is 2. The van der Waals surface area contributed by atoms with Crippen LogP contribution in [-0.4, -0.2) is 16.1 Å². The van der Waals surface area contributed by atoms with Crippen LogP contribution in [-0.2, 0) is 4.79 Å². The maximum atomic E-state index is 12.9. The minimum Gasteiger partial charge on any atom is -0.422 e. The maximum absolute atomic E-state index is 12.9. The van der Waals surface area contributed by atoms with Crippen molar-refractivity contribution in [2.45, 2.75) is 0 Å². The lowest BCUT2D eigenvalue weighted by molar-refractivity contribution is -0.115. The minimum absolute atomic E-state index is 0.182. The number of halogens is 1. The third kappa shape index (κ3) is 2.93. The molecule has 1 aliphatic heterocycles. The van der Waals surface area contributed by atoms with Crippen LogP contribution in [0.4, 0.5) is 10.4 Å². The lowest BCUT2D eigenvalue weighted by Gasteiger charge is -1.94. The molecule has 1 saturated heterocycles. The second-order valence-electron chi connectivity index (χ2n) is 5.00. The van der Waals surface area contributed by atoms with Crippen LogP contribution in [0.1, 0.15) is 5.56 Å². The highest BCUT2D eigenvalue weighted by atomic mass is 32.2. The molecular weight excluding hydrogens is 329 g/mol. The number of carbonyl (C=O) groups is 1. The Morgan fingerprint density at radius 2 is 1.96 bits per heavy atom. The molecule has 3 aromatic rings. The van der Waals surface area contributed by atoms with Crippen LogP contribution in [0.15, 0.2) is 62.8 Å². The Morgan fingerprint density at radius 3 is 2.75 bits per heavy atom. The molecule has 24 heavy (non-hydrogen) atoms. The van der Waals surface area contributed by atoms with Gasteiger partial charge in [-0.05, 0) is 47.7 Å². The summed E-state index contributed by atoms with van der Waals surface area (Å²) in [5.74, 6) is -0.585. The number of carbonyl (C=O) groups excluding carboxylic acids is 1. The van der Waals surface area contributed by atoms with Gasteiger partial charge in [-0.15, -0.1) is 0 Å². The van der Waals surface area contributed by atoms with E-state index in [-0.39, 0.29) is 17.7 Å². The molecule has 2 aromatic carbocycles. The van der Waals surface area contributed by atoms with Gasteiger partial charge >= 0.3 is 6.01 Å². The van der Waals surface area contributed by atoms with Gasteiger partial charge in [-0.3, -0.25) is 4.79 Å². The average molecular weight is 339 g/mol. The summed E-state index contributed by atoms with van der Waals surface area (Å²) in [4.78, 5) is 20.9. The van der Waals surface area contributed by atoms with Crippen molar-refractivity contribution in [2.24, 2.45) is 4.99 Å². The Bertz CT molecular complexity index is 959. The molecule has 7 heteroatoms. The molecule has 1 fully saturated rings. The van der Waals surface area contributed by atoms with Crippen molar-refractivity contribution in [2.75, 3.05) is 0 Å². The van der Waals surface area contributed by atoms with Crippen molar-refractivity contribution in [3.63, 3.8) is 0 Å². The van der Waals surface area contributed by atoms with E-state index in [1.165, 1.54) is 23.9 Å². The molecule has 2 heterocycles. The third-order valence-electron chi connectivity index (χ3n) is 3.30. The molecule has 1 N–H and O–H groups in total. The second kappa shape index (κ2) is 5.93. The molecule has 118 valence electrons. The molecule has 4 rings (SSSR count). The molecule has 1 amide bonds. The number of nitrogens with zero attached hydrogens (tertiary/aromatic N) is 2. The minimum atomic E-state index is -0.320. The fourth-order valence-electron chi connectivity index (χ4n) is 2.19. The van der Waals surface area contributed by atoms with Crippen LogP contribution in [0.3, 0.4) is 0 Å². The lowest BCUT2D eigenvalue weighted by atomic mass is 10.2. The molecule has 5 nitrogen and oxygen atoms in total. The standard InChI is InChI=1S/C17H10FN3O2S/c18-11-7-5-10(6-8-11)9-14-15(22)20-17(24-14)21-16-19-12-3-1-2-4-13(12)23-16/h1-9H,(H,19,20,21,22)/b14-9-. The van der Waals surface area contributed by atoms with Crippen LogP contribution >= 0.6 is 11.8 Å². The number of nitrogens with one attached hydrogen (secondary N) is 1. The SMILES string of the molecule is O=C1N/C(=N\c2nc3ccccc3o2)S/C1=C\c1ccc(F)cc1. The number of amidine groups is 1. The molecule has 0 aliphatic carbocycles. The molecule has 0 bridgehead atoms. The molecule has 0 unspecified atom stereocenters. The molecule has 1 aromatic heterocycles. The number of fused-ring (bicyclic) bond motifs is 1. The van der Waals surface area contributed by atoms with Crippen LogP contribution in [0.2, 0.25) is 0 Å². The molecule has 0 atom stereocenters. The summed E-state index contributed by atoms with van der Waals surface area (Å²) in [5, 5.41) is 3.05. The summed E-state index contributed by atoms with van der Waals surface area (Å²) < 4.78 is 18.4. The van der Waals surface area contributed by atoms with Crippen molar-refractivity contribution in [1.29, 1.82) is 0 Å². The number of benzene rings is 2. The number of oxazole rings is 1. The number of amides is 1. The second-order valence-corrected chi connectivity index (χ2v) is 6.03. The number of thioether (sulfide) groups is 1. The Labute approximate surface area is 140 Å². The van der Waals surface area contributed by atoms with E-state index >= 15 is 0 Å². The van der Waals surface area contributed by atoms with Crippen LogP contribution in [0, 0.1) is 5.82 Å². The van der Waals surface area contributed by atoms with E-state index in [4.69, 9.17) is 4.42 Å². The van der Waals surface area contributed by atoms with E-state index in [2.05, 4.69) is 15.3 Å². The first kappa shape index (κ1) is 14.6. The molecular formula is C17H10FN3O2S. The van der Waals surface area contributed by atoms with Crippen LogP contribution in [0.5, 0.6) is 0 Å². The Hall–Kier alpha value is -2.93. The summed E-state index contributed by atoms with van der Waals surface area (Å²) in [7, 11) is 0. The zero-order valence-corrected chi connectivity index (χ0v) is 13.0. The van der Waals surface area contributed by atoms with Crippen molar-refractivity contribution >= 4 is 46.0 Å². The van der Waals surface area contributed by atoms with E-state index in [0.29, 0.717) is 21.2 Å². The first-order valence-corrected chi connectivity index (χ1v) is 7.90. The lowest BCUT2D eigenvalue weighted by Crippen LogP contribution is -2.19. The first-order chi connectivity index (χ1) is 11.7. The summed E-state index contributed by atoms with van der Waals surface area (Å²) in [6, 6.07) is 13.4. The fourth-order valence-corrected chi connectivity index (χ4v) is 3.00. The molecule has 1 aliphatic rings. The number of aromatic nitrogens is 1. The molecule has 0 radical (unpaired) electrons. The van der Waals surface area contributed by atoms with E-state index < -0.39 is 0 Å². The summed E-state index contributed by atoms with van der Waals surface area (Å²) >= 11 is 1.18. The van der Waals surface area contributed by atoms with Crippen LogP contribution in [0.25, 0.3) is 17.2 Å². The molecule has 0 saturated carbocycles. The fraction of sp³-hybridized carbons (Fsp3) is 0. The topological polar surface area (TPSA) is 67.5 Å². The smallest absolute Gasteiger partial charge is 0.325 e. The predicted octanol–water partition coefficient (Wildman–Crippen LogP) is 3.86. The Morgan fingerprint density at radius 1 is 1.17 bits per heavy atom. The van der Waals surface area contributed by atoms with E-state index in [1.54, 1.807) is 24.3 Å². The maximum Gasteiger partial charge on any atom is 0.325 e. The largest absolute Gasteiger partial charge is 0.422 e. The van der Waals surface area contributed by atoms with Gasteiger partial charge in [-0.2, -0.15) is 9.98 Å². The van der Waals surface area contributed by atoms with Crippen molar-refractivity contribution in [3.8, 4) is 0 Å². The quantitative estimate of drug-likeness (QED) is 0.720. The number of para-hydroxylation sites is 2. The number of hydrogen-bond donors (Lipinski definition) is 1. The van der Waals surface area contributed by atoms with Crippen molar-refractivity contribution in [3.05, 3.63) is 64.8 Å². The number of aliphatic imine (C=N–C) groups is 1. The van der Waals surface area contributed by atoms with Gasteiger partial charge in [0.15, 0.2) is 10.8 Å². The predicted molar refractivity (Wildman–Crippen MR) is 91.2 cm³/mol. The van der Waals surface area contributed by atoms with E-state index in [9.17, 15) is 9.18 Å². The van der Waals surface area contributed by atoms with Gasteiger partial charge in [0.05, 0.1) is 4.91 Å². The van der Waals surface area contributed by atoms with Gasteiger partial charge in [0, 0.05) is 0 Å². The normalized spacial score (nSPS) is 17.8. The van der Waals surface area contributed by atoms with Gasteiger partial charge in [-0.25, -0.2) is 4.39 Å². The average Bonchev–Trinajstić information content (AvgIpc) is 3.12. The highest BCUT2D eigenvalue weighted by molar-refractivity contribution is 8.18. The van der Waals surface area contributed by atoms with Gasteiger partial charge in [0.25, 0.3) is 5.91 Å². The Kier molecular flexibility index (Phi) is 3.62. The van der Waals surface area contributed by atoms with Gasteiger partial charge in [0.1, 0.15) is 11.3 Å². The first-order valence-electron chi connectivity index (χ1n) is 7.08. The van der Waals surface area contributed by atoms with E-state index in [1.807, 2.05) is 18.2 Å². The monoisotopic (exact) mass is 339 g/mol. The third-order valence-corrected chi connectivity index (χ3v) is 4.21. The van der Waals surface area contributed by atoms with Gasteiger partial charge in [0.2, 0.25) is 0 Å². The summed E-state index contributed by atoms with van der Waals surface area (Å²) in [6.45, 7) is 0. The van der Waals surface area contributed by atoms with Gasteiger partial charge in [-0.1, -0.05) is 24.3 Å². The summed E-state index contributed by atoms with van der Waals surface area (Å²) in [6.07, 6.45) is 1.67. The highest BCUT2D eigenvalue weighted by Crippen LogP contribution is 2.29. The molecule has 0 spiro atoms. The number of hydrogen-bond acceptors (Lipinski definition) is 5. The highest BCUT2D eigenvalue weighted by Gasteiger charge is 2.24. The van der Waals surface area contributed by atoms with Crippen molar-refractivity contribution < 1.29 is 13.6 Å².